The third kappa shape index (κ3) is 4.19. The first-order valence-corrected chi connectivity index (χ1v) is 6.70. The molecule has 0 unspecified atom stereocenters. The summed E-state index contributed by atoms with van der Waals surface area (Å²) in [5, 5.41) is 14.7. The van der Waals surface area contributed by atoms with Crippen LogP contribution in [0.3, 0.4) is 0 Å². The van der Waals surface area contributed by atoms with Gasteiger partial charge in [-0.05, 0) is 6.07 Å². The van der Waals surface area contributed by atoms with Gasteiger partial charge in [-0.15, -0.1) is 0 Å². The van der Waals surface area contributed by atoms with Gasteiger partial charge in [0.15, 0.2) is 0 Å². The van der Waals surface area contributed by atoms with Crippen LogP contribution in [0.5, 0.6) is 0 Å². The van der Waals surface area contributed by atoms with E-state index in [0.29, 0.717) is 5.56 Å². The van der Waals surface area contributed by atoms with Gasteiger partial charge in [-0.3, -0.25) is 10.1 Å². The maximum atomic E-state index is 14.0. The molecule has 0 aliphatic rings. The minimum atomic E-state index is -0.665. The molecular formula is C16H13FN2O4. The number of hydrogen-bond acceptors (Lipinski definition) is 5. The first kappa shape index (κ1) is 16.3. The summed E-state index contributed by atoms with van der Waals surface area (Å²) in [6.45, 7) is 1.16. The zero-order valence-electron chi connectivity index (χ0n) is 12.2. The van der Waals surface area contributed by atoms with Crippen LogP contribution in [0.1, 0.15) is 18.1 Å². The Morgan fingerprint density at radius 1 is 1.22 bits per heavy atom. The maximum absolute atomic E-state index is 14.0. The summed E-state index contributed by atoms with van der Waals surface area (Å²) in [6.07, 6.45) is -0.0502. The third-order valence-corrected chi connectivity index (χ3v) is 3.02. The van der Waals surface area contributed by atoms with Crippen molar-refractivity contribution in [1.82, 2.24) is 0 Å². The standard InChI is InChI=1S/C16H13FN2O4/c1-11(20)23-18-15(13-7-3-4-8-14(13)17)10-12-6-2-5-9-16(12)19(21)22/h2-9H,10H2,1H3/b18-15+. The molecule has 0 aliphatic heterocycles. The highest BCUT2D eigenvalue weighted by Crippen LogP contribution is 2.21. The summed E-state index contributed by atoms with van der Waals surface area (Å²) in [4.78, 5) is 26.1. The van der Waals surface area contributed by atoms with Crippen LogP contribution in [0.2, 0.25) is 0 Å². The highest BCUT2D eigenvalue weighted by atomic mass is 19.1. The lowest BCUT2D eigenvalue weighted by Gasteiger charge is -2.08. The number of nitrogens with zero attached hydrogens (tertiary/aromatic N) is 2. The van der Waals surface area contributed by atoms with Gasteiger partial charge < -0.3 is 4.84 Å². The minimum Gasteiger partial charge on any atom is -0.318 e. The van der Waals surface area contributed by atoms with Crippen LogP contribution in [0, 0.1) is 15.9 Å². The molecule has 0 heterocycles. The molecule has 2 aromatic rings. The smallest absolute Gasteiger partial charge is 0.318 e. The molecule has 0 saturated carbocycles. The monoisotopic (exact) mass is 316 g/mol. The molecule has 0 aliphatic carbocycles. The molecule has 118 valence electrons. The van der Waals surface area contributed by atoms with E-state index in [4.69, 9.17) is 0 Å². The van der Waals surface area contributed by atoms with Gasteiger partial charge in [0, 0.05) is 30.5 Å². The Balaban J connectivity index is 2.44. The van der Waals surface area contributed by atoms with Crippen molar-refractivity contribution < 1.29 is 18.9 Å². The van der Waals surface area contributed by atoms with Crippen LogP contribution in [0.15, 0.2) is 53.7 Å². The first-order chi connectivity index (χ1) is 11.0. The molecule has 0 atom stereocenters. The lowest BCUT2D eigenvalue weighted by atomic mass is 10.0. The van der Waals surface area contributed by atoms with Crippen molar-refractivity contribution in [3.63, 3.8) is 0 Å². The van der Waals surface area contributed by atoms with E-state index in [9.17, 15) is 19.3 Å². The van der Waals surface area contributed by atoms with Crippen LogP contribution in [-0.4, -0.2) is 16.6 Å². The fourth-order valence-electron chi connectivity index (χ4n) is 2.01. The molecule has 0 spiro atoms. The van der Waals surface area contributed by atoms with Gasteiger partial charge in [-0.25, -0.2) is 9.18 Å². The van der Waals surface area contributed by atoms with Gasteiger partial charge in [0.25, 0.3) is 5.69 Å². The largest absolute Gasteiger partial charge is 0.331 e. The molecule has 7 heteroatoms. The van der Waals surface area contributed by atoms with Gasteiger partial charge in [0.1, 0.15) is 5.82 Å². The van der Waals surface area contributed by atoms with Crippen LogP contribution in [0.25, 0.3) is 0 Å². The number of para-hydroxylation sites is 1. The van der Waals surface area contributed by atoms with Crippen molar-refractivity contribution in [2.75, 3.05) is 0 Å². The van der Waals surface area contributed by atoms with E-state index in [1.165, 1.54) is 30.3 Å². The number of halogens is 1. The molecular weight excluding hydrogens is 303 g/mol. The van der Waals surface area contributed by atoms with Crippen LogP contribution in [0.4, 0.5) is 10.1 Å². The molecule has 0 bridgehead atoms. The zero-order valence-corrected chi connectivity index (χ0v) is 12.2. The second-order valence-electron chi connectivity index (χ2n) is 4.66. The van der Waals surface area contributed by atoms with Crippen molar-refractivity contribution in [3.8, 4) is 0 Å². The Morgan fingerprint density at radius 3 is 2.52 bits per heavy atom. The Hall–Kier alpha value is -3.09. The maximum Gasteiger partial charge on any atom is 0.331 e. The Bertz CT molecular complexity index is 774. The number of rotatable bonds is 5. The van der Waals surface area contributed by atoms with Crippen LogP contribution >= 0.6 is 0 Å². The molecule has 2 aromatic carbocycles. The molecule has 0 radical (unpaired) electrons. The minimum absolute atomic E-state index is 0.0502. The highest BCUT2D eigenvalue weighted by Gasteiger charge is 2.18. The highest BCUT2D eigenvalue weighted by molar-refractivity contribution is 6.02. The van der Waals surface area contributed by atoms with E-state index >= 15 is 0 Å². The first-order valence-electron chi connectivity index (χ1n) is 6.70. The average Bonchev–Trinajstić information content (AvgIpc) is 2.52. The van der Waals surface area contributed by atoms with Gasteiger partial charge in [0.05, 0.1) is 10.6 Å². The predicted molar refractivity (Wildman–Crippen MR) is 81.5 cm³/mol. The van der Waals surface area contributed by atoms with Crippen LogP contribution < -0.4 is 0 Å². The van der Waals surface area contributed by atoms with E-state index in [1.807, 2.05) is 0 Å². The van der Waals surface area contributed by atoms with Gasteiger partial charge in [-0.2, -0.15) is 0 Å². The molecule has 6 nitrogen and oxygen atoms in total. The fraction of sp³-hybridized carbons (Fsp3) is 0.125. The van der Waals surface area contributed by atoms with E-state index in [1.54, 1.807) is 18.2 Å². The number of benzene rings is 2. The number of nitro groups is 1. The van der Waals surface area contributed by atoms with Crippen molar-refractivity contribution in [2.24, 2.45) is 5.16 Å². The van der Waals surface area contributed by atoms with Gasteiger partial charge >= 0.3 is 5.97 Å². The number of nitro benzene ring substituents is 1. The summed E-state index contributed by atoms with van der Waals surface area (Å²) >= 11 is 0. The van der Waals surface area contributed by atoms with Crippen LogP contribution in [-0.2, 0) is 16.1 Å². The van der Waals surface area contributed by atoms with Crippen molar-refractivity contribution in [3.05, 3.63) is 75.6 Å². The van der Waals surface area contributed by atoms with Gasteiger partial charge in [0.2, 0.25) is 0 Å². The zero-order chi connectivity index (χ0) is 16.8. The number of carbonyl (C=O) groups is 1. The molecule has 0 saturated heterocycles. The van der Waals surface area contributed by atoms with E-state index in [2.05, 4.69) is 9.99 Å². The average molecular weight is 316 g/mol. The van der Waals surface area contributed by atoms with E-state index in [-0.39, 0.29) is 23.4 Å². The second kappa shape index (κ2) is 7.26. The predicted octanol–water partition coefficient (Wildman–Crippen LogP) is 3.24. The fourth-order valence-corrected chi connectivity index (χ4v) is 2.01. The van der Waals surface area contributed by atoms with Crippen molar-refractivity contribution in [1.29, 1.82) is 0 Å². The summed E-state index contributed by atoms with van der Waals surface area (Å²) in [7, 11) is 0. The summed E-state index contributed by atoms with van der Waals surface area (Å²) in [6, 6.07) is 11.9. The lowest BCUT2D eigenvalue weighted by molar-refractivity contribution is -0.385. The molecule has 23 heavy (non-hydrogen) atoms. The Labute approximate surface area is 131 Å². The Kier molecular flexibility index (Phi) is 5.14. The summed E-state index contributed by atoms with van der Waals surface area (Å²) < 4.78 is 14.0. The third-order valence-electron chi connectivity index (χ3n) is 3.02. The van der Waals surface area contributed by atoms with Crippen molar-refractivity contribution in [2.45, 2.75) is 13.3 Å². The molecule has 0 N–H and O–H groups in total. The molecule has 2 rings (SSSR count). The lowest BCUT2D eigenvalue weighted by Crippen LogP contribution is -2.11. The summed E-state index contributed by atoms with van der Waals surface area (Å²) in [5.41, 5.74) is 0.436. The molecule has 0 aromatic heterocycles. The Morgan fingerprint density at radius 2 is 1.87 bits per heavy atom. The van der Waals surface area contributed by atoms with E-state index in [0.717, 1.165) is 6.92 Å². The van der Waals surface area contributed by atoms with Crippen molar-refractivity contribution >= 4 is 17.4 Å². The topological polar surface area (TPSA) is 81.8 Å². The number of hydrogen-bond donors (Lipinski definition) is 0. The van der Waals surface area contributed by atoms with E-state index < -0.39 is 16.7 Å². The quantitative estimate of drug-likeness (QED) is 0.367. The summed E-state index contributed by atoms with van der Waals surface area (Å²) in [5.74, 6) is -1.22. The SMILES string of the molecule is CC(=O)O/N=C(\Cc1ccccc1[N+](=O)[O-])c1ccccc1F. The number of carbonyl (C=O) groups excluding carboxylic acids is 1. The molecule has 0 amide bonds. The van der Waals surface area contributed by atoms with Gasteiger partial charge in [-0.1, -0.05) is 41.6 Å². The molecule has 0 fully saturated rings. The number of oxime groups is 1. The normalized spacial score (nSPS) is 11.1. The second-order valence-corrected chi connectivity index (χ2v) is 4.66.